The fourth-order valence-electron chi connectivity index (χ4n) is 1.75. The van der Waals surface area contributed by atoms with E-state index in [0.717, 1.165) is 6.42 Å². The molecule has 0 amide bonds. The third-order valence-corrected chi connectivity index (χ3v) is 2.50. The molecule has 1 fully saturated rings. The lowest BCUT2D eigenvalue weighted by Crippen LogP contribution is -2.21. The molecular formula is C10H15N2. The summed E-state index contributed by atoms with van der Waals surface area (Å²) in [6.07, 6.45) is 6.88. The Morgan fingerprint density at radius 2 is 2.25 bits per heavy atom. The van der Waals surface area contributed by atoms with Crippen molar-refractivity contribution < 1.29 is 0 Å². The zero-order valence-electron chi connectivity index (χ0n) is 7.34. The van der Waals surface area contributed by atoms with Crippen molar-refractivity contribution >= 4 is 0 Å². The van der Waals surface area contributed by atoms with Crippen molar-refractivity contribution in [2.75, 3.05) is 19.6 Å². The van der Waals surface area contributed by atoms with E-state index in [0.29, 0.717) is 0 Å². The first-order chi connectivity index (χ1) is 5.95. The molecule has 2 rings (SSSR count). The summed E-state index contributed by atoms with van der Waals surface area (Å²) in [7, 11) is 0. The van der Waals surface area contributed by atoms with Crippen molar-refractivity contribution in [3.8, 4) is 0 Å². The van der Waals surface area contributed by atoms with E-state index in [1.165, 1.54) is 38.2 Å². The van der Waals surface area contributed by atoms with Gasteiger partial charge in [0, 0.05) is 18.7 Å². The summed E-state index contributed by atoms with van der Waals surface area (Å²) in [6.45, 7) is 3.79. The smallest absolute Gasteiger partial charge is 0.0621 e. The van der Waals surface area contributed by atoms with Crippen LogP contribution in [0, 0.1) is 6.20 Å². The maximum Gasteiger partial charge on any atom is 0.0621 e. The van der Waals surface area contributed by atoms with Crippen LogP contribution in [-0.4, -0.2) is 29.5 Å². The molecule has 1 aromatic rings. The molecule has 1 radical (unpaired) electrons. The van der Waals surface area contributed by atoms with Crippen LogP contribution in [0.3, 0.4) is 0 Å². The lowest BCUT2D eigenvalue weighted by Gasteiger charge is -2.12. The Morgan fingerprint density at radius 1 is 1.42 bits per heavy atom. The Kier molecular flexibility index (Phi) is 2.47. The second-order valence-electron chi connectivity index (χ2n) is 3.43. The number of nitrogens with zero attached hydrogens (tertiary/aromatic N) is 1. The largest absolute Gasteiger partial charge is 0.357 e. The average molecular weight is 163 g/mol. The molecule has 0 saturated carbocycles. The van der Waals surface area contributed by atoms with Crippen LogP contribution in [-0.2, 0) is 6.42 Å². The number of aromatic nitrogens is 1. The highest BCUT2D eigenvalue weighted by Gasteiger charge is 2.10. The van der Waals surface area contributed by atoms with Crippen molar-refractivity contribution in [3.63, 3.8) is 0 Å². The highest BCUT2D eigenvalue weighted by molar-refractivity contribution is 5.02. The number of hydrogen-bond acceptors (Lipinski definition) is 1. The SMILES string of the molecule is [c]1ccc(CCN2CCCC2)[nH]1. The van der Waals surface area contributed by atoms with Crippen molar-refractivity contribution in [3.05, 3.63) is 24.0 Å². The maximum absolute atomic E-state index is 3.11. The zero-order valence-corrected chi connectivity index (χ0v) is 7.34. The second kappa shape index (κ2) is 3.76. The van der Waals surface area contributed by atoms with E-state index < -0.39 is 0 Å². The summed E-state index contributed by atoms with van der Waals surface area (Å²) in [5, 5.41) is 0. The van der Waals surface area contributed by atoms with Gasteiger partial charge < -0.3 is 9.88 Å². The van der Waals surface area contributed by atoms with Crippen LogP contribution in [0.4, 0.5) is 0 Å². The van der Waals surface area contributed by atoms with Crippen LogP contribution in [0.5, 0.6) is 0 Å². The minimum Gasteiger partial charge on any atom is -0.357 e. The predicted molar refractivity (Wildman–Crippen MR) is 49.0 cm³/mol. The Balaban J connectivity index is 1.74. The van der Waals surface area contributed by atoms with E-state index in [4.69, 9.17) is 0 Å². The van der Waals surface area contributed by atoms with Crippen molar-refractivity contribution in [2.45, 2.75) is 19.3 Å². The first kappa shape index (κ1) is 7.87. The van der Waals surface area contributed by atoms with Gasteiger partial charge in [0.05, 0.1) is 6.20 Å². The zero-order chi connectivity index (χ0) is 8.23. The molecule has 0 aliphatic carbocycles. The van der Waals surface area contributed by atoms with E-state index in [-0.39, 0.29) is 0 Å². The molecule has 2 nitrogen and oxygen atoms in total. The molecule has 1 saturated heterocycles. The standard InChI is InChI=1S/C10H15N2/c1-2-8-12(7-1)9-5-10-4-3-6-11-10/h3-4,11H,1-2,5,7-9H2. The highest BCUT2D eigenvalue weighted by Crippen LogP contribution is 2.07. The summed E-state index contributed by atoms with van der Waals surface area (Å²) in [5.41, 5.74) is 1.31. The molecule has 2 heteroatoms. The number of likely N-dealkylation sites (tertiary alicyclic amines) is 1. The third-order valence-electron chi connectivity index (χ3n) is 2.50. The van der Waals surface area contributed by atoms with E-state index in [9.17, 15) is 0 Å². The molecule has 0 unspecified atom stereocenters. The van der Waals surface area contributed by atoms with Crippen molar-refractivity contribution in [2.24, 2.45) is 0 Å². The quantitative estimate of drug-likeness (QED) is 0.714. The topological polar surface area (TPSA) is 19.0 Å². The average Bonchev–Trinajstić information content (AvgIpc) is 2.74. The lowest BCUT2D eigenvalue weighted by molar-refractivity contribution is 0.342. The maximum atomic E-state index is 3.11. The van der Waals surface area contributed by atoms with Gasteiger partial charge in [0.15, 0.2) is 0 Å². The Morgan fingerprint density at radius 3 is 2.92 bits per heavy atom. The minimum absolute atomic E-state index is 1.14. The predicted octanol–water partition coefficient (Wildman–Crippen LogP) is 1.45. The first-order valence-corrected chi connectivity index (χ1v) is 4.71. The van der Waals surface area contributed by atoms with Gasteiger partial charge >= 0.3 is 0 Å². The monoisotopic (exact) mass is 163 g/mol. The first-order valence-electron chi connectivity index (χ1n) is 4.71. The number of H-pyrrole nitrogens is 1. The Bertz CT molecular complexity index is 210. The molecule has 2 heterocycles. The number of nitrogens with one attached hydrogen (secondary N) is 1. The summed E-state index contributed by atoms with van der Waals surface area (Å²) < 4.78 is 0. The molecular weight excluding hydrogens is 148 g/mol. The number of rotatable bonds is 3. The molecule has 0 bridgehead atoms. The van der Waals surface area contributed by atoms with E-state index >= 15 is 0 Å². The van der Waals surface area contributed by atoms with Gasteiger partial charge in [-0.05, 0) is 38.1 Å². The van der Waals surface area contributed by atoms with Crippen molar-refractivity contribution in [1.29, 1.82) is 0 Å². The molecule has 0 spiro atoms. The molecule has 1 aliphatic rings. The van der Waals surface area contributed by atoms with Gasteiger partial charge in [0.25, 0.3) is 0 Å². The summed E-state index contributed by atoms with van der Waals surface area (Å²) in [5.74, 6) is 0. The van der Waals surface area contributed by atoms with Crippen LogP contribution in [0.25, 0.3) is 0 Å². The van der Waals surface area contributed by atoms with Gasteiger partial charge in [-0.1, -0.05) is 0 Å². The normalized spacial score (nSPS) is 18.7. The van der Waals surface area contributed by atoms with Crippen LogP contribution in [0.1, 0.15) is 18.5 Å². The minimum atomic E-state index is 1.14. The van der Waals surface area contributed by atoms with Gasteiger partial charge in [-0.15, -0.1) is 0 Å². The number of aromatic amines is 1. The lowest BCUT2D eigenvalue weighted by atomic mass is 10.3. The molecule has 65 valence electrons. The van der Waals surface area contributed by atoms with Crippen LogP contribution >= 0.6 is 0 Å². The van der Waals surface area contributed by atoms with Gasteiger partial charge in [0.2, 0.25) is 0 Å². The summed E-state index contributed by atoms with van der Waals surface area (Å²) in [6, 6.07) is 4.05. The Hall–Kier alpha value is -0.760. The Labute approximate surface area is 73.6 Å². The molecule has 1 aromatic heterocycles. The van der Waals surface area contributed by atoms with E-state index in [1.54, 1.807) is 0 Å². The van der Waals surface area contributed by atoms with Gasteiger partial charge in [-0.25, -0.2) is 0 Å². The molecule has 1 aliphatic heterocycles. The fraction of sp³-hybridized carbons (Fsp3) is 0.600. The van der Waals surface area contributed by atoms with Crippen LogP contribution in [0.2, 0.25) is 0 Å². The highest BCUT2D eigenvalue weighted by atomic mass is 15.1. The van der Waals surface area contributed by atoms with Gasteiger partial charge in [-0.3, -0.25) is 0 Å². The van der Waals surface area contributed by atoms with Gasteiger partial charge in [0.1, 0.15) is 0 Å². The van der Waals surface area contributed by atoms with Crippen LogP contribution in [0.15, 0.2) is 12.1 Å². The van der Waals surface area contributed by atoms with Crippen LogP contribution < -0.4 is 0 Å². The van der Waals surface area contributed by atoms with E-state index in [1.807, 2.05) is 6.07 Å². The molecule has 12 heavy (non-hydrogen) atoms. The van der Waals surface area contributed by atoms with E-state index in [2.05, 4.69) is 22.1 Å². The van der Waals surface area contributed by atoms with Gasteiger partial charge in [-0.2, -0.15) is 0 Å². The molecule has 0 atom stereocenters. The summed E-state index contributed by atoms with van der Waals surface area (Å²) >= 11 is 0. The summed E-state index contributed by atoms with van der Waals surface area (Å²) in [4.78, 5) is 5.64. The van der Waals surface area contributed by atoms with Crippen molar-refractivity contribution in [1.82, 2.24) is 9.88 Å². The molecule has 1 N–H and O–H groups in total. The number of hydrogen-bond donors (Lipinski definition) is 1. The second-order valence-corrected chi connectivity index (χ2v) is 3.43. The molecule has 0 aromatic carbocycles. The fourth-order valence-corrected chi connectivity index (χ4v) is 1.75. The third kappa shape index (κ3) is 1.89.